The van der Waals surface area contributed by atoms with Crippen LogP contribution in [0.3, 0.4) is 0 Å². The van der Waals surface area contributed by atoms with E-state index in [1.165, 1.54) is 11.1 Å². The summed E-state index contributed by atoms with van der Waals surface area (Å²) in [5.74, 6) is -0.00699. The summed E-state index contributed by atoms with van der Waals surface area (Å²) in [5.41, 5.74) is 6.21. The molecule has 20 heavy (non-hydrogen) atoms. The van der Waals surface area contributed by atoms with Crippen LogP contribution < -0.4 is 5.32 Å². The van der Waals surface area contributed by atoms with Crippen molar-refractivity contribution >= 4 is 11.6 Å². The highest BCUT2D eigenvalue weighted by Crippen LogP contribution is 2.16. The van der Waals surface area contributed by atoms with E-state index in [1.807, 2.05) is 50.7 Å². The predicted octanol–water partition coefficient (Wildman–Crippen LogP) is 2.83. The van der Waals surface area contributed by atoms with Gasteiger partial charge in [0.1, 0.15) is 0 Å². The topological polar surface area (TPSA) is 46.9 Å². The summed E-state index contributed by atoms with van der Waals surface area (Å²) in [5, 5.41) is 7.28. The number of carbonyl (C=O) groups is 1. The molecule has 4 heteroatoms. The highest BCUT2D eigenvalue weighted by atomic mass is 16.1. The molecule has 2 rings (SSSR count). The van der Waals surface area contributed by atoms with Crippen molar-refractivity contribution in [2.24, 2.45) is 7.05 Å². The van der Waals surface area contributed by atoms with E-state index >= 15 is 0 Å². The first-order valence-corrected chi connectivity index (χ1v) is 6.74. The largest absolute Gasteiger partial charge is 0.326 e. The number of nitrogens with zero attached hydrogens (tertiary/aromatic N) is 2. The molecule has 0 saturated heterocycles. The minimum atomic E-state index is -0.00699. The summed E-state index contributed by atoms with van der Waals surface area (Å²) in [6, 6.07) is 5.95. The molecule has 0 aliphatic rings. The lowest BCUT2D eigenvalue weighted by Crippen LogP contribution is -2.15. The smallest absolute Gasteiger partial charge is 0.228 e. The van der Waals surface area contributed by atoms with Crippen molar-refractivity contribution in [1.29, 1.82) is 0 Å². The molecule has 106 valence electrons. The number of aromatic nitrogens is 2. The lowest BCUT2D eigenvalue weighted by Gasteiger charge is -2.08. The van der Waals surface area contributed by atoms with Crippen LogP contribution in [0.1, 0.15) is 28.1 Å². The molecule has 0 fully saturated rings. The van der Waals surface area contributed by atoms with Crippen LogP contribution in [0.5, 0.6) is 0 Å². The molecule has 0 aliphatic heterocycles. The molecule has 1 heterocycles. The third-order valence-corrected chi connectivity index (χ3v) is 3.79. The average molecular weight is 271 g/mol. The maximum Gasteiger partial charge on any atom is 0.228 e. The number of hydrogen-bond acceptors (Lipinski definition) is 2. The predicted molar refractivity (Wildman–Crippen MR) is 80.9 cm³/mol. The summed E-state index contributed by atoms with van der Waals surface area (Å²) < 4.78 is 1.81. The van der Waals surface area contributed by atoms with Crippen LogP contribution in [0, 0.1) is 27.7 Å². The fraction of sp³-hybridized carbons (Fsp3) is 0.375. The second-order valence-corrected chi connectivity index (χ2v) is 5.30. The van der Waals surface area contributed by atoms with Gasteiger partial charge in [0.15, 0.2) is 0 Å². The van der Waals surface area contributed by atoms with Crippen LogP contribution in [0.25, 0.3) is 0 Å². The molecule has 1 aromatic carbocycles. The van der Waals surface area contributed by atoms with Gasteiger partial charge in [-0.15, -0.1) is 0 Å². The van der Waals surface area contributed by atoms with Gasteiger partial charge in [-0.1, -0.05) is 6.07 Å². The van der Waals surface area contributed by atoms with E-state index in [4.69, 9.17) is 0 Å². The Morgan fingerprint density at radius 1 is 1.20 bits per heavy atom. The van der Waals surface area contributed by atoms with Crippen molar-refractivity contribution in [3.63, 3.8) is 0 Å². The number of amides is 1. The van der Waals surface area contributed by atoms with Gasteiger partial charge >= 0.3 is 0 Å². The van der Waals surface area contributed by atoms with Crippen LogP contribution in [0.4, 0.5) is 5.69 Å². The van der Waals surface area contributed by atoms with E-state index in [1.54, 1.807) is 0 Å². The van der Waals surface area contributed by atoms with Gasteiger partial charge in [0, 0.05) is 24.0 Å². The lowest BCUT2D eigenvalue weighted by molar-refractivity contribution is -0.115. The Morgan fingerprint density at radius 3 is 2.45 bits per heavy atom. The zero-order valence-corrected chi connectivity index (χ0v) is 12.7. The number of hydrogen-bond donors (Lipinski definition) is 1. The summed E-state index contributed by atoms with van der Waals surface area (Å²) in [7, 11) is 1.90. The van der Waals surface area contributed by atoms with Gasteiger partial charge in [0.25, 0.3) is 0 Å². The molecule has 1 aromatic heterocycles. The number of nitrogens with one attached hydrogen (secondary N) is 1. The minimum absolute atomic E-state index is 0.00699. The summed E-state index contributed by atoms with van der Waals surface area (Å²) in [6.07, 6.45) is 0.360. The maximum absolute atomic E-state index is 12.1. The van der Waals surface area contributed by atoms with Gasteiger partial charge in [-0.3, -0.25) is 9.48 Å². The number of benzene rings is 1. The quantitative estimate of drug-likeness (QED) is 0.933. The third kappa shape index (κ3) is 2.90. The average Bonchev–Trinajstić information content (AvgIpc) is 2.61. The van der Waals surface area contributed by atoms with Gasteiger partial charge in [0.05, 0.1) is 12.1 Å². The Labute approximate surface area is 119 Å². The molecule has 1 N–H and O–H groups in total. The van der Waals surface area contributed by atoms with E-state index in [9.17, 15) is 4.79 Å². The normalized spacial score (nSPS) is 10.7. The van der Waals surface area contributed by atoms with E-state index in [2.05, 4.69) is 17.3 Å². The Balaban J connectivity index is 2.11. The Kier molecular flexibility index (Phi) is 3.93. The minimum Gasteiger partial charge on any atom is -0.326 e. The zero-order valence-electron chi connectivity index (χ0n) is 12.7. The monoisotopic (exact) mass is 271 g/mol. The molecule has 0 spiro atoms. The molecule has 2 aromatic rings. The van der Waals surface area contributed by atoms with Crippen molar-refractivity contribution in [1.82, 2.24) is 9.78 Å². The molecule has 0 atom stereocenters. The van der Waals surface area contributed by atoms with E-state index in [0.29, 0.717) is 6.42 Å². The summed E-state index contributed by atoms with van der Waals surface area (Å²) >= 11 is 0. The van der Waals surface area contributed by atoms with Crippen LogP contribution >= 0.6 is 0 Å². The molecular weight excluding hydrogens is 250 g/mol. The van der Waals surface area contributed by atoms with Gasteiger partial charge < -0.3 is 5.32 Å². The first-order chi connectivity index (χ1) is 9.38. The molecule has 0 radical (unpaired) electrons. The van der Waals surface area contributed by atoms with Crippen LogP contribution in [-0.2, 0) is 18.3 Å². The number of anilines is 1. The molecule has 0 aliphatic carbocycles. The van der Waals surface area contributed by atoms with E-state index in [-0.39, 0.29) is 5.91 Å². The summed E-state index contributed by atoms with van der Waals surface area (Å²) in [4.78, 5) is 12.1. The van der Waals surface area contributed by atoms with Crippen molar-refractivity contribution < 1.29 is 4.79 Å². The van der Waals surface area contributed by atoms with Crippen LogP contribution in [-0.4, -0.2) is 15.7 Å². The fourth-order valence-corrected chi connectivity index (χ4v) is 2.26. The Morgan fingerprint density at radius 2 is 1.90 bits per heavy atom. The van der Waals surface area contributed by atoms with Gasteiger partial charge in [-0.25, -0.2) is 0 Å². The standard InChI is InChI=1S/C16H21N3O/c1-10-6-7-14(8-11(10)2)17-16(20)9-15-12(3)18-19(5)13(15)4/h6-8H,9H2,1-5H3,(H,17,20). The Bertz CT molecular complexity index is 656. The van der Waals surface area contributed by atoms with Gasteiger partial charge in [-0.05, 0) is 51.0 Å². The zero-order chi connectivity index (χ0) is 14.9. The fourth-order valence-electron chi connectivity index (χ4n) is 2.26. The van der Waals surface area contributed by atoms with E-state index < -0.39 is 0 Å². The highest BCUT2D eigenvalue weighted by Gasteiger charge is 2.13. The lowest BCUT2D eigenvalue weighted by atomic mass is 10.1. The molecule has 0 bridgehead atoms. The molecule has 0 saturated carbocycles. The SMILES string of the molecule is Cc1ccc(NC(=O)Cc2c(C)nn(C)c2C)cc1C. The number of carbonyl (C=O) groups excluding carboxylic acids is 1. The van der Waals surface area contributed by atoms with Gasteiger partial charge in [0.2, 0.25) is 5.91 Å². The van der Waals surface area contributed by atoms with Gasteiger partial charge in [-0.2, -0.15) is 5.10 Å². The first-order valence-electron chi connectivity index (χ1n) is 6.74. The highest BCUT2D eigenvalue weighted by molar-refractivity contribution is 5.92. The second-order valence-electron chi connectivity index (χ2n) is 5.30. The second kappa shape index (κ2) is 5.49. The molecular formula is C16H21N3O. The molecule has 1 amide bonds. The molecule has 4 nitrogen and oxygen atoms in total. The maximum atomic E-state index is 12.1. The first kappa shape index (κ1) is 14.3. The van der Waals surface area contributed by atoms with Crippen LogP contribution in [0.2, 0.25) is 0 Å². The van der Waals surface area contributed by atoms with Crippen molar-refractivity contribution in [3.8, 4) is 0 Å². The number of aryl methyl sites for hydroxylation is 4. The number of rotatable bonds is 3. The third-order valence-electron chi connectivity index (χ3n) is 3.79. The molecule has 0 unspecified atom stereocenters. The van der Waals surface area contributed by atoms with E-state index in [0.717, 1.165) is 22.6 Å². The van der Waals surface area contributed by atoms with Crippen molar-refractivity contribution in [2.45, 2.75) is 34.1 Å². The summed E-state index contributed by atoms with van der Waals surface area (Å²) in [6.45, 7) is 8.02. The van der Waals surface area contributed by atoms with Crippen LogP contribution in [0.15, 0.2) is 18.2 Å². The van der Waals surface area contributed by atoms with Crippen molar-refractivity contribution in [2.75, 3.05) is 5.32 Å². The van der Waals surface area contributed by atoms with Crippen molar-refractivity contribution in [3.05, 3.63) is 46.3 Å². The Hall–Kier alpha value is -2.10.